The lowest BCUT2D eigenvalue weighted by Gasteiger charge is -2.26. The number of allylic oxidation sites excluding steroid dienone is 1. The van der Waals surface area contributed by atoms with Gasteiger partial charge in [-0.15, -0.1) is 0 Å². The van der Waals surface area contributed by atoms with Crippen LogP contribution < -0.4 is 0 Å². The van der Waals surface area contributed by atoms with Crippen molar-refractivity contribution in [3.8, 4) is 0 Å². The van der Waals surface area contributed by atoms with Crippen molar-refractivity contribution < 1.29 is 23.8 Å². The van der Waals surface area contributed by atoms with Crippen molar-refractivity contribution in [3.05, 3.63) is 47.5 Å². The second kappa shape index (κ2) is 11.9. The Hall–Kier alpha value is -2.14. The van der Waals surface area contributed by atoms with Crippen molar-refractivity contribution in [1.82, 2.24) is 0 Å². The number of cyclic esters (lactones) is 1. The highest BCUT2D eigenvalue weighted by atomic mass is 16.6. The predicted octanol–water partition coefficient (Wildman–Crippen LogP) is 5.27. The highest BCUT2D eigenvalue weighted by molar-refractivity contribution is 5.91. The van der Waals surface area contributed by atoms with E-state index in [0.29, 0.717) is 25.0 Å². The SMILES string of the molecule is O=C1CCCCCCCCCC/C=C2/CC(COCc3ccccc3)(CO1)OC2=O. The summed E-state index contributed by atoms with van der Waals surface area (Å²) in [5.74, 6) is -0.536. The molecule has 5 heteroatoms. The number of benzene rings is 1. The Bertz CT molecular complexity index is 712. The van der Waals surface area contributed by atoms with E-state index in [0.717, 1.165) is 31.2 Å². The van der Waals surface area contributed by atoms with Gasteiger partial charge in [0, 0.05) is 18.4 Å². The molecule has 3 rings (SSSR count). The standard InChI is InChI=1S/C25H34O5/c26-23-16-12-7-5-3-1-2-4-6-11-15-22-17-25(20-29-23,30-24(22)27)19-28-18-21-13-9-8-10-14-21/h8-10,13-15H,1-7,11-12,16-20H2/b22-15-. The quantitative estimate of drug-likeness (QED) is 0.628. The van der Waals surface area contributed by atoms with Crippen molar-refractivity contribution in [1.29, 1.82) is 0 Å². The number of carbonyl (C=O) groups is 2. The molecule has 0 aromatic heterocycles. The average molecular weight is 415 g/mol. The van der Waals surface area contributed by atoms with Crippen LogP contribution in [0.1, 0.15) is 76.2 Å². The molecule has 1 unspecified atom stereocenters. The van der Waals surface area contributed by atoms with Crippen molar-refractivity contribution in [2.45, 2.75) is 82.8 Å². The first-order chi connectivity index (χ1) is 14.7. The highest BCUT2D eigenvalue weighted by Gasteiger charge is 2.45. The van der Waals surface area contributed by atoms with E-state index < -0.39 is 5.60 Å². The molecule has 1 aromatic rings. The third kappa shape index (κ3) is 7.28. The molecule has 2 aliphatic heterocycles. The summed E-state index contributed by atoms with van der Waals surface area (Å²) in [6.07, 6.45) is 12.8. The molecule has 0 amide bonds. The summed E-state index contributed by atoms with van der Waals surface area (Å²) in [6.45, 7) is 0.676. The zero-order valence-electron chi connectivity index (χ0n) is 17.9. The molecule has 1 saturated heterocycles. The van der Waals surface area contributed by atoms with Gasteiger partial charge >= 0.3 is 11.9 Å². The normalized spacial score (nSPS) is 26.2. The van der Waals surface area contributed by atoms with Gasteiger partial charge in [-0.3, -0.25) is 4.79 Å². The van der Waals surface area contributed by atoms with Crippen LogP contribution >= 0.6 is 0 Å². The van der Waals surface area contributed by atoms with Crippen LogP contribution in [0.4, 0.5) is 0 Å². The predicted molar refractivity (Wildman–Crippen MR) is 115 cm³/mol. The molecule has 0 radical (unpaired) electrons. The van der Waals surface area contributed by atoms with Crippen LogP contribution in [-0.2, 0) is 30.4 Å². The summed E-state index contributed by atoms with van der Waals surface area (Å²) >= 11 is 0. The lowest BCUT2D eigenvalue weighted by atomic mass is 9.98. The number of hydrogen-bond acceptors (Lipinski definition) is 5. The van der Waals surface area contributed by atoms with Crippen LogP contribution in [-0.4, -0.2) is 30.8 Å². The molecule has 0 aliphatic carbocycles. The minimum Gasteiger partial charge on any atom is -0.461 e. The van der Waals surface area contributed by atoms with Crippen LogP contribution in [0.5, 0.6) is 0 Å². The van der Waals surface area contributed by atoms with Crippen LogP contribution in [0, 0.1) is 0 Å². The Labute approximate surface area is 179 Å². The van der Waals surface area contributed by atoms with E-state index in [1.54, 1.807) is 0 Å². The summed E-state index contributed by atoms with van der Waals surface area (Å²) in [7, 11) is 0. The minimum absolute atomic E-state index is 0.0453. The highest BCUT2D eigenvalue weighted by Crippen LogP contribution is 2.33. The van der Waals surface area contributed by atoms with Gasteiger partial charge in [-0.25, -0.2) is 4.79 Å². The van der Waals surface area contributed by atoms with Crippen LogP contribution in [0.3, 0.4) is 0 Å². The molecule has 164 valence electrons. The molecule has 5 nitrogen and oxygen atoms in total. The largest absolute Gasteiger partial charge is 0.461 e. The molecular formula is C25H34O5. The molecule has 1 fully saturated rings. The van der Waals surface area contributed by atoms with E-state index in [2.05, 4.69) is 0 Å². The Morgan fingerprint density at radius 2 is 1.60 bits per heavy atom. The fraction of sp³-hybridized carbons (Fsp3) is 0.600. The van der Waals surface area contributed by atoms with Crippen LogP contribution in [0.25, 0.3) is 0 Å². The third-order valence-corrected chi connectivity index (χ3v) is 5.78. The zero-order chi connectivity index (χ0) is 21.1. The number of carbonyl (C=O) groups excluding carboxylic acids is 2. The maximum absolute atomic E-state index is 12.5. The van der Waals surface area contributed by atoms with E-state index in [9.17, 15) is 9.59 Å². The van der Waals surface area contributed by atoms with E-state index in [-0.39, 0.29) is 25.2 Å². The maximum Gasteiger partial charge on any atom is 0.334 e. The maximum atomic E-state index is 12.5. The van der Waals surface area contributed by atoms with E-state index in [1.807, 2.05) is 36.4 Å². The van der Waals surface area contributed by atoms with Gasteiger partial charge in [-0.2, -0.15) is 0 Å². The summed E-state index contributed by atoms with van der Waals surface area (Å²) in [6, 6.07) is 9.87. The molecule has 0 saturated carbocycles. The van der Waals surface area contributed by atoms with Crippen molar-refractivity contribution in [3.63, 3.8) is 0 Å². The average Bonchev–Trinajstić information content (AvgIpc) is 3.06. The monoisotopic (exact) mass is 414 g/mol. The number of esters is 2. The summed E-state index contributed by atoms with van der Waals surface area (Å²) in [5.41, 5.74) is 0.801. The van der Waals surface area contributed by atoms with E-state index >= 15 is 0 Å². The Balaban J connectivity index is 1.64. The lowest BCUT2D eigenvalue weighted by Crippen LogP contribution is -2.40. The zero-order valence-corrected chi connectivity index (χ0v) is 17.9. The third-order valence-electron chi connectivity index (χ3n) is 5.78. The van der Waals surface area contributed by atoms with Crippen molar-refractivity contribution >= 4 is 11.9 Å². The summed E-state index contributed by atoms with van der Waals surface area (Å²) in [4.78, 5) is 24.7. The fourth-order valence-corrected chi connectivity index (χ4v) is 4.04. The van der Waals surface area contributed by atoms with Gasteiger partial charge in [-0.1, -0.05) is 74.9 Å². The first-order valence-corrected chi connectivity index (χ1v) is 11.4. The number of rotatable bonds is 4. The first kappa shape index (κ1) is 22.5. The van der Waals surface area contributed by atoms with Gasteiger partial charge in [0.05, 0.1) is 13.2 Å². The van der Waals surface area contributed by atoms with E-state index in [1.165, 1.54) is 32.1 Å². The van der Waals surface area contributed by atoms with E-state index in [4.69, 9.17) is 14.2 Å². The molecule has 2 aliphatic rings. The molecule has 2 heterocycles. The van der Waals surface area contributed by atoms with Gasteiger partial charge in [0.1, 0.15) is 6.61 Å². The van der Waals surface area contributed by atoms with Gasteiger partial charge in [0.15, 0.2) is 5.60 Å². The lowest BCUT2D eigenvalue weighted by molar-refractivity contribution is -0.169. The first-order valence-electron chi connectivity index (χ1n) is 11.4. The number of ether oxygens (including phenoxy) is 3. The molecule has 0 N–H and O–H groups in total. The summed E-state index contributed by atoms with van der Waals surface area (Å²) in [5, 5.41) is 0. The smallest absolute Gasteiger partial charge is 0.334 e. The fourth-order valence-electron chi connectivity index (χ4n) is 4.04. The number of hydrogen-bond donors (Lipinski definition) is 0. The number of fused-ring (bicyclic) bond motifs is 2. The van der Waals surface area contributed by atoms with Gasteiger partial charge in [0.2, 0.25) is 0 Å². The summed E-state index contributed by atoms with van der Waals surface area (Å²) < 4.78 is 17.2. The molecule has 30 heavy (non-hydrogen) atoms. The van der Waals surface area contributed by atoms with Crippen LogP contribution in [0.2, 0.25) is 0 Å². The second-order valence-electron chi connectivity index (χ2n) is 8.48. The van der Waals surface area contributed by atoms with Gasteiger partial charge in [0.25, 0.3) is 0 Å². The molecule has 1 aromatic carbocycles. The molecule has 0 spiro atoms. The molecular weight excluding hydrogens is 380 g/mol. The topological polar surface area (TPSA) is 61.8 Å². The van der Waals surface area contributed by atoms with Gasteiger partial charge in [-0.05, 0) is 24.8 Å². The van der Waals surface area contributed by atoms with Crippen molar-refractivity contribution in [2.24, 2.45) is 0 Å². The Morgan fingerprint density at radius 3 is 2.37 bits per heavy atom. The Kier molecular flexibility index (Phi) is 8.94. The van der Waals surface area contributed by atoms with Crippen molar-refractivity contribution in [2.75, 3.05) is 13.2 Å². The minimum atomic E-state index is -0.929. The molecule has 2 bridgehead atoms. The second-order valence-corrected chi connectivity index (χ2v) is 8.48. The Morgan fingerprint density at radius 1 is 0.900 bits per heavy atom. The molecule has 1 atom stereocenters. The van der Waals surface area contributed by atoms with Gasteiger partial charge < -0.3 is 14.2 Å². The van der Waals surface area contributed by atoms with Crippen LogP contribution in [0.15, 0.2) is 42.0 Å².